The second-order valence-corrected chi connectivity index (χ2v) is 7.22. The molecule has 3 N–H and O–H groups in total. The molecule has 6 nitrogen and oxygen atoms in total. The summed E-state index contributed by atoms with van der Waals surface area (Å²) in [5.74, 6) is -0.459. The van der Waals surface area contributed by atoms with Crippen molar-refractivity contribution in [3.8, 4) is 5.75 Å². The van der Waals surface area contributed by atoms with E-state index in [0.29, 0.717) is 26.4 Å². The van der Waals surface area contributed by atoms with E-state index in [-0.39, 0.29) is 12.5 Å². The van der Waals surface area contributed by atoms with Crippen molar-refractivity contribution >= 4 is 52.1 Å². The minimum Gasteiger partial charge on any atom is -0.483 e. The van der Waals surface area contributed by atoms with E-state index in [1.165, 1.54) is 11.8 Å². The van der Waals surface area contributed by atoms with Crippen molar-refractivity contribution in [2.24, 2.45) is 10.7 Å². The average molecular weight is 402 g/mol. The maximum Gasteiger partial charge on any atom is 0.264 e. The van der Waals surface area contributed by atoms with E-state index in [2.05, 4.69) is 10.3 Å². The zero-order valence-electron chi connectivity index (χ0n) is 14.4. The summed E-state index contributed by atoms with van der Waals surface area (Å²) < 4.78 is 5.38. The highest BCUT2D eigenvalue weighted by Crippen LogP contribution is 2.32. The van der Waals surface area contributed by atoms with E-state index in [1.54, 1.807) is 24.3 Å². The molecule has 2 aromatic rings. The molecule has 1 saturated heterocycles. The molecular formula is C19H16ClN3O3S. The Hall–Kier alpha value is -2.77. The molecule has 2 amide bonds. The smallest absolute Gasteiger partial charge is 0.264 e. The van der Waals surface area contributed by atoms with E-state index in [9.17, 15) is 9.59 Å². The summed E-state index contributed by atoms with van der Waals surface area (Å²) in [6.07, 6.45) is 1.64. The molecule has 1 aliphatic rings. The molecule has 0 radical (unpaired) electrons. The summed E-state index contributed by atoms with van der Waals surface area (Å²) in [5, 5.41) is 3.69. The number of aliphatic imine (C=N–C) groups is 1. The predicted molar refractivity (Wildman–Crippen MR) is 108 cm³/mol. The van der Waals surface area contributed by atoms with Gasteiger partial charge in [0.15, 0.2) is 11.8 Å². The predicted octanol–water partition coefficient (Wildman–Crippen LogP) is 3.40. The summed E-state index contributed by atoms with van der Waals surface area (Å²) in [4.78, 5) is 28.1. The van der Waals surface area contributed by atoms with Gasteiger partial charge in [0.05, 0.1) is 10.6 Å². The number of amidine groups is 1. The Morgan fingerprint density at radius 3 is 2.74 bits per heavy atom. The molecule has 0 aromatic heterocycles. The largest absolute Gasteiger partial charge is 0.483 e. The molecule has 0 bridgehead atoms. The number of nitrogens with zero attached hydrogens (tertiary/aromatic N) is 1. The summed E-state index contributed by atoms with van der Waals surface area (Å²) >= 11 is 7.25. The number of carbonyl (C=O) groups is 2. The minimum absolute atomic E-state index is 0.267. The first kappa shape index (κ1) is 19.0. The Balaban J connectivity index is 1.85. The standard InChI is InChI=1S/C19H16ClN3O3S/c1-11-2-5-14(6-3-11)22-19-23-18(25)16(27-19)9-12-8-13(20)4-7-15(12)26-10-17(21)24/h2-9H,10H2,1H3,(H2,21,24)(H,22,23,25). The SMILES string of the molecule is Cc1ccc(N=C2NC(=O)C(=Cc3cc(Cl)ccc3OCC(N)=O)S2)cc1. The lowest BCUT2D eigenvalue weighted by molar-refractivity contribution is -0.120. The number of nitrogens with one attached hydrogen (secondary N) is 1. The molecule has 0 unspecified atom stereocenters. The summed E-state index contributed by atoms with van der Waals surface area (Å²) in [6, 6.07) is 12.6. The van der Waals surface area contributed by atoms with Crippen molar-refractivity contribution in [1.29, 1.82) is 0 Å². The topological polar surface area (TPSA) is 93.8 Å². The molecule has 3 rings (SSSR count). The van der Waals surface area contributed by atoms with Gasteiger partial charge < -0.3 is 15.8 Å². The van der Waals surface area contributed by atoms with Crippen molar-refractivity contribution in [2.45, 2.75) is 6.92 Å². The molecule has 1 fully saturated rings. The number of primary amides is 1. The van der Waals surface area contributed by atoms with Gasteiger partial charge in [-0.1, -0.05) is 29.3 Å². The van der Waals surface area contributed by atoms with Crippen LogP contribution in [-0.2, 0) is 9.59 Å². The van der Waals surface area contributed by atoms with Gasteiger partial charge in [-0.05, 0) is 55.1 Å². The van der Waals surface area contributed by atoms with Gasteiger partial charge in [0.2, 0.25) is 0 Å². The molecule has 0 aliphatic carbocycles. The average Bonchev–Trinajstić information content (AvgIpc) is 2.95. The number of halogens is 1. The van der Waals surface area contributed by atoms with Crippen LogP contribution >= 0.6 is 23.4 Å². The van der Waals surface area contributed by atoms with Gasteiger partial charge in [-0.25, -0.2) is 4.99 Å². The quantitative estimate of drug-likeness (QED) is 0.751. The van der Waals surface area contributed by atoms with Crippen LogP contribution in [0.25, 0.3) is 6.08 Å². The third-order valence-electron chi connectivity index (χ3n) is 3.54. The fraction of sp³-hybridized carbons (Fsp3) is 0.105. The van der Waals surface area contributed by atoms with Crippen LogP contribution in [0.3, 0.4) is 0 Å². The van der Waals surface area contributed by atoms with Gasteiger partial charge in [-0.15, -0.1) is 0 Å². The molecule has 0 spiro atoms. The number of amides is 2. The summed E-state index contributed by atoms with van der Waals surface area (Å²) in [6.45, 7) is 1.73. The Kier molecular flexibility index (Phi) is 5.83. The Morgan fingerprint density at radius 2 is 2.04 bits per heavy atom. The van der Waals surface area contributed by atoms with Crippen LogP contribution < -0.4 is 15.8 Å². The van der Waals surface area contributed by atoms with Gasteiger partial charge in [0.1, 0.15) is 5.75 Å². The Bertz CT molecular complexity index is 955. The van der Waals surface area contributed by atoms with Gasteiger partial charge in [0, 0.05) is 10.6 Å². The first-order chi connectivity index (χ1) is 12.9. The maximum absolute atomic E-state index is 12.3. The van der Waals surface area contributed by atoms with Crippen LogP contribution in [0.15, 0.2) is 52.4 Å². The number of thioether (sulfide) groups is 1. The van der Waals surface area contributed by atoms with Crippen molar-refractivity contribution < 1.29 is 14.3 Å². The molecule has 2 aromatic carbocycles. The van der Waals surface area contributed by atoms with E-state index < -0.39 is 5.91 Å². The fourth-order valence-electron chi connectivity index (χ4n) is 2.27. The van der Waals surface area contributed by atoms with Crippen LogP contribution in [0.1, 0.15) is 11.1 Å². The Morgan fingerprint density at radius 1 is 1.30 bits per heavy atom. The van der Waals surface area contributed by atoms with Gasteiger partial charge in [-0.3, -0.25) is 9.59 Å². The maximum atomic E-state index is 12.3. The van der Waals surface area contributed by atoms with Crippen molar-refractivity contribution in [3.05, 3.63) is 63.5 Å². The van der Waals surface area contributed by atoms with Crippen LogP contribution in [0.4, 0.5) is 5.69 Å². The highest BCUT2D eigenvalue weighted by molar-refractivity contribution is 8.18. The molecule has 1 aliphatic heterocycles. The van der Waals surface area contributed by atoms with Gasteiger partial charge >= 0.3 is 0 Å². The molecule has 138 valence electrons. The molecular weight excluding hydrogens is 386 g/mol. The molecule has 27 heavy (non-hydrogen) atoms. The first-order valence-corrected chi connectivity index (χ1v) is 9.17. The molecule has 8 heteroatoms. The minimum atomic E-state index is -0.593. The number of carbonyl (C=O) groups excluding carboxylic acids is 2. The van der Waals surface area contributed by atoms with Crippen LogP contribution in [0, 0.1) is 6.92 Å². The van der Waals surface area contributed by atoms with Gasteiger partial charge in [0.25, 0.3) is 11.8 Å². The lowest BCUT2D eigenvalue weighted by Gasteiger charge is -2.08. The van der Waals surface area contributed by atoms with E-state index in [4.69, 9.17) is 22.1 Å². The second-order valence-electron chi connectivity index (χ2n) is 5.75. The number of ether oxygens (including phenoxy) is 1. The van der Waals surface area contributed by atoms with Crippen LogP contribution in [-0.4, -0.2) is 23.6 Å². The monoisotopic (exact) mass is 401 g/mol. The number of nitrogens with two attached hydrogens (primary N) is 1. The van der Waals surface area contributed by atoms with Crippen molar-refractivity contribution in [3.63, 3.8) is 0 Å². The summed E-state index contributed by atoms with van der Waals surface area (Å²) in [7, 11) is 0. The zero-order chi connectivity index (χ0) is 19.4. The lowest BCUT2D eigenvalue weighted by Crippen LogP contribution is -2.20. The van der Waals surface area contributed by atoms with E-state index in [1.807, 2.05) is 31.2 Å². The highest BCUT2D eigenvalue weighted by atomic mass is 35.5. The number of hydrogen-bond donors (Lipinski definition) is 2. The van der Waals surface area contributed by atoms with Crippen LogP contribution in [0.5, 0.6) is 5.75 Å². The summed E-state index contributed by atoms with van der Waals surface area (Å²) in [5.41, 5.74) is 7.56. The fourth-order valence-corrected chi connectivity index (χ4v) is 3.28. The van der Waals surface area contributed by atoms with Crippen LogP contribution in [0.2, 0.25) is 5.02 Å². The molecule has 0 atom stereocenters. The third-order valence-corrected chi connectivity index (χ3v) is 4.69. The third kappa shape index (κ3) is 5.12. The highest BCUT2D eigenvalue weighted by Gasteiger charge is 2.24. The van der Waals surface area contributed by atoms with Gasteiger partial charge in [-0.2, -0.15) is 0 Å². The number of benzene rings is 2. The number of rotatable bonds is 5. The van der Waals surface area contributed by atoms with E-state index in [0.717, 1.165) is 11.3 Å². The number of aryl methyl sites for hydroxylation is 1. The van der Waals surface area contributed by atoms with Crippen molar-refractivity contribution in [1.82, 2.24) is 5.32 Å². The Labute approximate surface area is 165 Å². The molecule has 0 saturated carbocycles. The normalized spacial score (nSPS) is 16.6. The van der Waals surface area contributed by atoms with Crippen molar-refractivity contribution in [2.75, 3.05) is 6.61 Å². The first-order valence-electron chi connectivity index (χ1n) is 7.97. The lowest BCUT2D eigenvalue weighted by atomic mass is 10.2. The van der Waals surface area contributed by atoms with E-state index >= 15 is 0 Å². The molecule has 1 heterocycles. The number of hydrogen-bond acceptors (Lipinski definition) is 5. The zero-order valence-corrected chi connectivity index (χ0v) is 15.9. The second kappa shape index (κ2) is 8.28.